The molecule has 5 nitrogen and oxygen atoms in total. The molecule has 0 unspecified atom stereocenters. The molecule has 1 N–H and O–H groups in total. The zero-order chi connectivity index (χ0) is 14.9. The Morgan fingerprint density at radius 2 is 1.73 bits per heavy atom. The largest absolute Gasteiger partial charge is 0.508 e. The van der Waals surface area contributed by atoms with Crippen molar-refractivity contribution in [3.05, 3.63) is 61.1 Å². The Balaban J connectivity index is 1.83. The van der Waals surface area contributed by atoms with Gasteiger partial charge in [0.15, 0.2) is 5.82 Å². The first-order valence-corrected chi connectivity index (χ1v) is 6.76. The molecule has 5 heteroatoms. The van der Waals surface area contributed by atoms with E-state index in [9.17, 15) is 5.11 Å². The number of benzene rings is 1. The van der Waals surface area contributed by atoms with Gasteiger partial charge in [-0.15, -0.1) is 0 Å². The fraction of sp³-hybridized carbons (Fsp3) is 0. The molecule has 0 bridgehead atoms. The summed E-state index contributed by atoms with van der Waals surface area (Å²) in [4.78, 5) is 13.2. The average Bonchev–Trinajstić information content (AvgIpc) is 3.09. The van der Waals surface area contributed by atoms with Crippen molar-refractivity contribution in [1.82, 2.24) is 15.0 Å². The van der Waals surface area contributed by atoms with Gasteiger partial charge in [0.25, 0.3) is 0 Å². The Bertz CT molecular complexity index is 932. The Morgan fingerprint density at radius 1 is 0.864 bits per heavy atom. The van der Waals surface area contributed by atoms with Crippen LogP contribution in [-0.2, 0) is 0 Å². The minimum atomic E-state index is 0.214. The third-order valence-electron chi connectivity index (χ3n) is 3.36. The van der Waals surface area contributed by atoms with Crippen LogP contribution < -0.4 is 0 Å². The molecule has 0 radical (unpaired) electrons. The number of rotatable bonds is 2. The predicted octanol–water partition coefficient (Wildman–Crippen LogP) is 3.66. The highest BCUT2D eigenvalue weighted by Crippen LogP contribution is 2.24. The van der Waals surface area contributed by atoms with Gasteiger partial charge in [0.1, 0.15) is 17.0 Å². The maximum absolute atomic E-state index is 9.36. The molecule has 0 spiro atoms. The lowest BCUT2D eigenvalue weighted by molar-refractivity contribution is 0.475. The number of phenolic OH excluding ortho intramolecular Hbond substituents is 1. The molecule has 4 aromatic rings. The highest BCUT2D eigenvalue weighted by atomic mass is 16.3. The van der Waals surface area contributed by atoms with Crippen LogP contribution in [0.2, 0.25) is 0 Å². The molecule has 0 aliphatic carbocycles. The van der Waals surface area contributed by atoms with Crippen LogP contribution in [0.25, 0.3) is 33.7 Å². The van der Waals surface area contributed by atoms with E-state index in [4.69, 9.17) is 4.42 Å². The van der Waals surface area contributed by atoms with E-state index in [-0.39, 0.29) is 5.75 Å². The number of hydrogen-bond donors (Lipinski definition) is 1. The summed E-state index contributed by atoms with van der Waals surface area (Å²) in [7, 11) is 0. The van der Waals surface area contributed by atoms with E-state index in [1.54, 1.807) is 42.9 Å². The molecule has 0 atom stereocenters. The summed E-state index contributed by atoms with van der Waals surface area (Å²) in [5, 5.41) is 9.36. The van der Waals surface area contributed by atoms with Crippen LogP contribution in [0.3, 0.4) is 0 Å². The molecule has 22 heavy (non-hydrogen) atoms. The summed E-state index contributed by atoms with van der Waals surface area (Å²) in [5.41, 5.74) is 3.17. The van der Waals surface area contributed by atoms with Gasteiger partial charge in [-0.2, -0.15) is 0 Å². The summed E-state index contributed by atoms with van der Waals surface area (Å²) in [6.07, 6.45) is 5.06. The Kier molecular flexibility index (Phi) is 2.83. The maximum Gasteiger partial charge on any atom is 0.159 e. The molecule has 3 heterocycles. The van der Waals surface area contributed by atoms with Crippen molar-refractivity contribution in [1.29, 1.82) is 0 Å². The van der Waals surface area contributed by atoms with Gasteiger partial charge >= 0.3 is 0 Å². The number of fused-ring (bicyclic) bond motifs is 1. The van der Waals surface area contributed by atoms with Crippen LogP contribution in [0.1, 0.15) is 0 Å². The summed E-state index contributed by atoms with van der Waals surface area (Å²) < 4.78 is 5.39. The lowest BCUT2D eigenvalue weighted by Crippen LogP contribution is -1.92. The van der Waals surface area contributed by atoms with E-state index >= 15 is 0 Å². The standard InChI is InChI=1S/C17H11N3O2/c21-13-5-3-11(4-6-13)17-19-10-15-14(20-17)8-12(9-18-15)16-2-1-7-22-16/h1-10,21H. The quantitative estimate of drug-likeness (QED) is 0.609. The minimum Gasteiger partial charge on any atom is -0.508 e. The van der Waals surface area contributed by atoms with Crippen molar-refractivity contribution < 1.29 is 9.52 Å². The van der Waals surface area contributed by atoms with Gasteiger partial charge in [-0.25, -0.2) is 9.97 Å². The Hall–Kier alpha value is -3.21. The zero-order valence-corrected chi connectivity index (χ0v) is 11.5. The van der Waals surface area contributed by atoms with Gasteiger partial charge in [-0.3, -0.25) is 4.98 Å². The first-order valence-electron chi connectivity index (χ1n) is 6.76. The van der Waals surface area contributed by atoms with Gasteiger partial charge < -0.3 is 9.52 Å². The number of hydrogen-bond acceptors (Lipinski definition) is 5. The normalized spacial score (nSPS) is 10.9. The number of nitrogens with zero attached hydrogens (tertiary/aromatic N) is 3. The zero-order valence-electron chi connectivity index (χ0n) is 11.5. The number of furan rings is 1. The van der Waals surface area contributed by atoms with E-state index in [1.165, 1.54) is 0 Å². The van der Waals surface area contributed by atoms with Gasteiger partial charge in [0.05, 0.1) is 18.0 Å². The van der Waals surface area contributed by atoms with Crippen molar-refractivity contribution >= 4 is 11.0 Å². The van der Waals surface area contributed by atoms with Crippen molar-refractivity contribution in [2.24, 2.45) is 0 Å². The van der Waals surface area contributed by atoms with E-state index in [0.29, 0.717) is 5.82 Å². The summed E-state index contributed by atoms with van der Waals surface area (Å²) >= 11 is 0. The molecular weight excluding hydrogens is 278 g/mol. The fourth-order valence-electron chi connectivity index (χ4n) is 2.25. The molecule has 0 aliphatic rings. The van der Waals surface area contributed by atoms with Gasteiger partial charge in [-0.05, 0) is 42.5 Å². The maximum atomic E-state index is 9.36. The van der Waals surface area contributed by atoms with E-state index in [1.807, 2.05) is 18.2 Å². The van der Waals surface area contributed by atoms with E-state index in [0.717, 1.165) is 27.9 Å². The number of aromatic nitrogens is 3. The van der Waals surface area contributed by atoms with Crippen molar-refractivity contribution in [3.8, 4) is 28.5 Å². The molecule has 0 aliphatic heterocycles. The second-order valence-corrected chi connectivity index (χ2v) is 4.85. The lowest BCUT2D eigenvalue weighted by atomic mass is 10.2. The van der Waals surface area contributed by atoms with Crippen LogP contribution in [-0.4, -0.2) is 20.1 Å². The number of pyridine rings is 1. The third kappa shape index (κ3) is 2.18. The third-order valence-corrected chi connectivity index (χ3v) is 3.36. The minimum absolute atomic E-state index is 0.214. The Morgan fingerprint density at radius 3 is 2.50 bits per heavy atom. The van der Waals surface area contributed by atoms with Gasteiger partial charge in [0.2, 0.25) is 0 Å². The monoisotopic (exact) mass is 289 g/mol. The van der Waals surface area contributed by atoms with Crippen LogP contribution in [0.4, 0.5) is 0 Å². The first kappa shape index (κ1) is 12.5. The molecule has 0 saturated carbocycles. The van der Waals surface area contributed by atoms with E-state index in [2.05, 4.69) is 15.0 Å². The van der Waals surface area contributed by atoms with Gasteiger partial charge in [0, 0.05) is 17.3 Å². The molecule has 106 valence electrons. The van der Waals surface area contributed by atoms with Crippen LogP contribution >= 0.6 is 0 Å². The molecule has 0 amide bonds. The predicted molar refractivity (Wildman–Crippen MR) is 82.1 cm³/mol. The smallest absolute Gasteiger partial charge is 0.159 e. The van der Waals surface area contributed by atoms with Crippen molar-refractivity contribution in [3.63, 3.8) is 0 Å². The fourth-order valence-corrected chi connectivity index (χ4v) is 2.25. The SMILES string of the molecule is Oc1ccc(-c2ncc3ncc(-c4ccco4)cc3n2)cc1. The summed E-state index contributed by atoms with van der Waals surface area (Å²) in [5.74, 6) is 1.55. The van der Waals surface area contributed by atoms with Crippen molar-refractivity contribution in [2.45, 2.75) is 0 Å². The van der Waals surface area contributed by atoms with Crippen LogP contribution in [0.5, 0.6) is 5.75 Å². The first-order chi connectivity index (χ1) is 10.8. The van der Waals surface area contributed by atoms with E-state index < -0.39 is 0 Å². The summed E-state index contributed by atoms with van der Waals surface area (Å²) in [6.45, 7) is 0. The average molecular weight is 289 g/mol. The number of aromatic hydroxyl groups is 1. The van der Waals surface area contributed by atoms with Crippen molar-refractivity contribution in [2.75, 3.05) is 0 Å². The Labute approximate surface area is 125 Å². The topological polar surface area (TPSA) is 72.0 Å². The van der Waals surface area contributed by atoms with Crippen LogP contribution in [0.15, 0.2) is 65.5 Å². The second kappa shape index (κ2) is 4.96. The molecule has 0 fully saturated rings. The lowest BCUT2D eigenvalue weighted by Gasteiger charge is -2.03. The molecule has 3 aromatic heterocycles. The van der Waals surface area contributed by atoms with Gasteiger partial charge in [-0.1, -0.05) is 0 Å². The number of phenols is 1. The molecular formula is C17H11N3O2. The highest BCUT2D eigenvalue weighted by Gasteiger charge is 2.07. The highest BCUT2D eigenvalue weighted by molar-refractivity contribution is 5.80. The van der Waals surface area contributed by atoms with Crippen LogP contribution in [0, 0.1) is 0 Å². The molecule has 1 aromatic carbocycles. The second-order valence-electron chi connectivity index (χ2n) is 4.85. The summed E-state index contributed by atoms with van der Waals surface area (Å²) in [6, 6.07) is 12.4. The molecule has 4 rings (SSSR count). The molecule has 0 saturated heterocycles.